The van der Waals surface area contributed by atoms with E-state index < -0.39 is 17.5 Å². The van der Waals surface area contributed by atoms with Gasteiger partial charge in [0.2, 0.25) is 0 Å². The molecule has 16 heavy (non-hydrogen) atoms. The van der Waals surface area contributed by atoms with E-state index in [1.54, 1.807) is 0 Å². The third kappa shape index (κ3) is 1.48. The predicted molar refractivity (Wildman–Crippen MR) is 55.4 cm³/mol. The zero-order chi connectivity index (χ0) is 11.9. The van der Waals surface area contributed by atoms with Crippen LogP contribution in [0.15, 0.2) is 12.1 Å². The molecule has 2 N–H and O–H groups in total. The van der Waals surface area contributed by atoms with Crippen LogP contribution in [0, 0.1) is 17.5 Å². The minimum absolute atomic E-state index is 0.00208. The summed E-state index contributed by atoms with van der Waals surface area (Å²) in [5.74, 6) is -3.33. The van der Waals surface area contributed by atoms with Crippen molar-refractivity contribution >= 4 is 16.6 Å². The highest BCUT2D eigenvalue weighted by Gasteiger charge is 2.16. The second-order valence-electron chi connectivity index (χ2n) is 3.43. The predicted octanol–water partition coefficient (Wildman–Crippen LogP) is 2.80. The van der Waals surface area contributed by atoms with Gasteiger partial charge in [0.1, 0.15) is 5.52 Å². The Kier molecular flexibility index (Phi) is 2.46. The van der Waals surface area contributed by atoms with Gasteiger partial charge in [-0.2, -0.15) is 0 Å². The second-order valence-corrected chi connectivity index (χ2v) is 3.43. The summed E-state index contributed by atoms with van der Waals surface area (Å²) in [5.41, 5.74) is 5.87. The lowest BCUT2D eigenvalue weighted by atomic mass is 10.1. The molecule has 1 aromatic carbocycles. The lowest BCUT2D eigenvalue weighted by molar-refractivity contribution is 0.505. The molecule has 0 fully saturated rings. The van der Waals surface area contributed by atoms with Crippen LogP contribution < -0.4 is 5.73 Å². The number of anilines is 1. The molecule has 5 heteroatoms. The first-order chi connectivity index (χ1) is 7.54. The lowest BCUT2D eigenvalue weighted by Gasteiger charge is -2.07. The van der Waals surface area contributed by atoms with Crippen LogP contribution in [0.4, 0.5) is 18.9 Å². The van der Waals surface area contributed by atoms with Gasteiger partial charge in [0, 0.05) is 17.4 Å². The maximum atomic E-state index is 13.4. The van der Waals surface area contributed by atoms with E-state index in [0.717, 1.165) is 0 Å². The summed E-state index contributed by atoms with van der Waals surface area (Å²) in [4.78, 5) is 3.89. The maximum absolute atomic E-state index is 13.4. The summed E-state index contributed by atoms with van der Waals surface area (Å²) in [6.07, 6.45) is 0.540. The fourth-order valence-corrected chi connectivity index (χ4v) is 1.57. The molecule has 0 unspecified atom stereocenters. The summed E-state index contributed by atoms with van der Waals surface area (Å²) >= 11 is 0. The highest BCUT2D eigenvalue weighted by molar-refractivity contribution is 5.91. The van der Waals surface area contributed by atoms with Crippen molar-refractivity contribution in [1.82, 2.24) is 4.98 Å². The number of hydrogen-bond donors (Lipinski definition) is 1. The van der Waals surface area contributed by atoms with Crippen LogP contribution in [0.1, 0.15) is 12.6 Å². The normalized spacial score (nSPS) is 11.0. The Morgan fingerprint density at radius 1 is 1.19 bits per heavy atom. The zero-order valence-corrected chi connectivity index (χ0v) is 8.52. The SMILES string of the molecule is CCc1cc(N)c2c(F)c(F)cc(F)c2n1. The largest absolute Gasteiger partial charge is 0.398 e. The van der Waals surface area contributed by atoms with Crippen LogP contribution >= 0.6 is 0 Å². The summed E-state index contributed by atoms with van der Waals surface area (Å²) in [6.45, 7) is 1.81. The molecule has 0 aliphatic carbocycles. The van der Waals surface area contributed by atoms with Crippen molar-refractivity contribution in [3.8, 4) is 0 Å². The number of nitrogen functional groups attached to an aromatic ring is 1. The number of halogens is 3. The van der Waals surface area contributed by atoms with Crippen LogP contribution in [0.5, 0.6) is 0 Å². The standard InChI is InChI=1S/C11H9F3N2/c1-2-5-3-8(15)9-10(14)6(12)4-7(13)11(9)16-5/h3-4H,2H2,1H3,(H2,15,16). The fraction of sp³-hybridized carbons (Fsp3) is 0.182. The van der Waals surface area contributed by atoms with E-state index >= 15 is 0 Å². The van der Waals surface area contributed by atoms with Crippen molar-refractivity contribution in [2.75, 3.05) is 5.73 Å². The molecule has 0 amide bonds. The number of aromatic nitrogens is 1. The second kappa shape index (κ2) is 3.66. The number of nitrogens with two attached hydrogens (primary N) is 1. The zero-order valence-electron chi connectivity index (χ0n) is 8.52. The minimum atomic E-state index is -1.26. The monoisotopic (exact) mass is 226 g/mol. The van der Waals surface area contributed by atoms with Crippen molar-refractivity contribution < 1.29 is 13.2 Å². The van der Waals surface area contributed by atoms with Gasteiger partial charge in [-0.05, 0) is 12.5 Å². The van der Waals surface area contributed by atoms with Crippen molar-refractivity contribution in [3.05, 3.63) is 35.3 Å². The molecule has 0 bridgehead atoms. The molecule has 2 nitrogen and oxygen atoms in total. The van der Waals surface area contributed by atoms with Gasteiger partial charge in [0.15, 0.2) is 17.5 Å². The van der Waals surface area contributed by atoms with Gasteiger partial charge in [-0.25, -0.2) is 18.2 Å². The Labute approximate surface area is 89.9 Å². The maximum Gasteiger partial charge on any atom is 0.170 e. The summed E-state index contributed by atoms with van der Waals surface area (Å²) < 4.78 is 39.8. The first-order valence-electron chi connectivity index (χ1n) is 4.77. The van der Waals surface area contributed by atoms with Crippen LogP contribution in [-0.4, -0.2) is 4.98 Å². The molecule has 0 aliphatic heterocycles. The van der Waals surface area contributed by atoms with Crippen molar-refractivity contribution in [3.63, 3.8) is 0 Å². The Hall–Kier alpha value is -1.78. The average Bonchev–Trinajstić information content (AvgIpc) is 2.25. The van der Waals surface area contributed by atoms with E-state index in [1.165, 1.54) is 6.07 Å². The van der Waals surface area contributed by atoms with Crippen LogP contribution in [-0.2, 0) is 6.42 Å². The molecular weight excluding hydrogens is 217 g/mol. The third-order valence-electron chi connectivity index (χ3n) is 2.37. The minimum Gasteiger partial charge on any atom is -0.398 e. The first-order valence-corrected chi connectivity index (χ1v) is 4.77. The first kappa shape index (κ1) is 10.7. The van der Waals surface area contributed by atoms with Crippen LogP contribution in [0.25, 0.3) is 10.9 Å². The lowest BCUT2D eigenvalue weighted by Crippen LogP contribution is -2.00. The van der Waals surface area contributed by atoms with E-state index in [0.29, 0.717) is 18.2 Å². The number of pyridine rings is 1. The van der Waals surface area contributed by atoms with Gasteiger partial charge in [0.25, 0.3) is 0 Å². The van der Waals surface area contributed by atoms with Gasteiger partial charge < -0.3 is 5.73 Å². The van der Waals surface area contributed by atoms with E-state index in [9.17, 15) is 13.2 Å². The Morgan fingerprint density at radius 2 is 1.88 bits per heavy atom. The van der Waals surface area contributed by atoms with Gasteiger partial charge in [-0.1, -0.05) is 6.92 Å². The van der Waals surface area contributed by atoms with E-state index in [1.807, 2.05) is 6.92 Å². The molecule has 0 radical (unpaired) electrons. The van der Waals surface area contributed by atoms with Crippen molar-refractivity contribution in [1.29, 1.82) is 0 Å². The van der Waals surface area contributed by atoms with Crippen molar-refractivity contribution in [2.24, 2.45) is 0 Å². The number of rotatable bonds is 1. The van der Waals surface area contributed by atoms with Gasteiger partial charge >= 0.3 is 0 Å². The average molecular weight is 226 g/mol. The summed E-state index contributed by atoms with van der Waals surface area (Å²) in [7, 11) is 0. The quantitative estimate of drug-likeness (QED) is 0.759. The number of nitrogens with zero attached hydrogens (tertiary/aromatic N) is 1. The van der Waals surface area contributed by atoms with Gasteiger partial charge in [-0.15, -0.1) is 0 Å². The molecule has 2 rings (SSSR count). The molecule has 1 heterocycles. The molecule has 0 aliphatic rings. The topological polar surface area (TPSA) is 38.9 Å². The summed E-state index contributed by atoms with van der Waals surface area (Å²) in [6, 6.07) is 1.90. The number of fused-ring (bicyclic) bond motifs is 1. The van der Waals surface area contributed by atoms with Gasteiger partial charge in [-0.3, -0.25) is 0 Å². The number of benzene rings is 1. The van der Waals surface area contributed by atoms with Crippen LogP contribution in [0.2, 0.25) is 0 Å². The molecule has 0 atom stereocenters. The molecule has 2 aromatic rings. The molecule has 0 saturated heterocycles. The highest BCUT2D eigenvalue weighted by Crippen LogP contribution is 2.27. The summed E-state index contributed by atoms with van der Waals surface area (Å²) in [5, 5.41) is -0.297. The van der Waals surface area contributed by atoms with Gasteiger partial charge in [0.05, 0.1) is 5.39 Å². The molecule has 1 aromatic heterocycles. The molecule has 0 spiro atoms. The Morgan fingerprint density at radius 3 is 2.50 bits per heavy atom. The van der Waals surface area contributed by atoms with E-state index in [4.69, 9.17) is 5.73 Å². The number of hydrogen-bond acceptors (Lipinski definition) is 2. The third-order valence-corrected chi connectivity index (χ3v) is 2.37. The molecular formula is C11H9F3N2. The smallest absolute Gasteiger partial charge is 0.170 e. The highest BCUT2D eigenvalue weighted by atomic mass is 19.2. The number of aryl methyl sites for hydroxylation is 1. The fourth-order valence-electron chi connectivity index (χ4n) is 1.57. The van der Waals surface area contributed by atoms with Crippen LogP contribution in [0.3, 0.4) is 0 Å². The molecule has 84 valence electrons. The molecule has 0 saturated carbocycles. The Balaban J connectivity index is 2.94. The van der Waals surface area contributed by atoms with Crippen molar-refractivity contribution in [2.45, 2.75) is 13.3 Å². The van der Waals surface area contributed by atoms with E-state index in [-0.39, 0.29) is 16.6 Å². The Bertz CT molecular complexity index is 567. The van der Waals surface area contributed by atoms with E-state index in [2.05, 4.69) is 4.98 Å².